The Morgan fingerprint density at radius 1 is 1.27 bits per heavy atom. The Bertz CT molecular complexity index is 382. The van der Waals surface area contributed by atoms with Gasteiger partial charge in [-0.15, -0.1) is 0 Å². The predicted molar refractivity (Wildman–Crippen MR) is 62.8 cm³/mol. The van der Waals surface area contributed by atoms with E-state index in [4.69, 9.17) is 5.73 Å². The van der Waals surface area contributed by atoms with E-state index in [2.05, 4.69) is 6.07 Å². The van der Waals surface area contributed by atoms with Crippen molar-refractivity contribution in [1.29, 1.82) is 0 Å². The van der Waals surface area contributed by atoms with E-state index in [9.17, 15) is 5.11 Å². The van der Waals surface area contributed by atoms with Crippen molar-refractivity contribution in [1.82, 2.24) is 0 Å². The molecule has 15 heavy (non-hydrogen) atoms. The summed E-state index contributed by atoms with van der Waals surface area (Å²) >= 11 is 0. The molecule has 0 radical (unpaired) electrons. The van der Waals surface area contributed by atoms with Crippen LogP contribution in [0.3, 0.4) is 0 Å². The van der Waals surface area contributed by atoms with Crippen molar-refractivity contribution in [3.05, 3.63) is 34.9 Å². The van der Waals surface area contributed by atoms with E-state index >= 15 is 0 Å². The van der Waals surface area contributed by atoms with Gasteiger partial charge < -0.3 is 10.8 Å². The van der Waals surface area contributed by atoms with Gasteiger partial charge in [0, 0.05) is 12.1 Å². The van der Waals surface area contributed by atoms with Crippen LogP contribution in [0.4, 0.5) is 0 Å². The standard InChI is InChI=1S/C13H17NO/c14-9-3-5-11-8-7-10-4-1-2-6-12(10)13(11)15/h3,5,7-8,15H,1-2,4,6,9,14H2/b5-3+. The smallest absolute Gasteiger partial charge is 0.126 e. The van der Waals surface area contributed by atoms with Crippen LogP contribution in [0.25, 0.3) is 6.08 Å². The van der Waals surface area contributed by atoms with Crippen LogP contribution in [0, 0.1) is 0 Å². The molecule has 80 valence electrons. The van der Waals surface area contributed by atoms with E-state index < -0.39 is 0 Å². The molecule has 0 heterocycles. The molecule has 2 heteroatoms. The van der Waals surface area contributed by atoms with Gasteiger partial charge in [-0.2, -0.15) is 0 Å². The summed E-state index contributed by atoms with van der Waals surface area (Å²) in [7, 11) is 0. The second kappa shape index (κ2) is 4.49. The van der Waals surface area contributed by atoms with Gasteiger partial charge in [0.1, 0.15) is 5.75 Å². The summed E-state index contributed by atoms with van der Waals surface area (Å²) < 4.78 is 0. The van der Waals surface area contributed by atoms with E-state index in [1.165, 1.54) is 18.4 Å². The lowest BCUT2D eigenvalue weighted by atomic mass is 9.89. The Balaban J connectivity index is 2.38. The zero-order valence-electron chi connectivity index (χ0n) is 8.87. The minimum atomic E-state index is 0.455. The highest BCUT2D eigenvalue weighted by molar-refractivity contribution is 5.61. The first-order valence-electron chi connectivity index (χ1n) is 5.53. The molecule has 2 rings (SSSR count). The quantitative estimate of drug-likeness (QED) is 0.774. The van der Waals surface area contributed by atoms with Crippen LogP contribution in [0.15, 0.2) is 18.2 Å². The lowest BCUT2D eigenvalue weighted by Crippen LogP contribution is -2.03. The molecule has 2 nitrogen and oxygen atoms in total. The van der Waals surface area contributed by atoms with Crippen LogP contribution in [-0.2, 0) is 12.8 Å². The van der Waals surface area contributed by atoms with Crippen LogP contribution in [0.5, 0.6) is 5.75 Å². The fraction of sp³-hybridized carbons (Fsp3) is 0.385. The fourth-order valence-electron chi connectivity index (χ4n) is 2.16. The van der Waals surface area contributed by atoms with Crippen molar-refractivity contribution in [3.63, 3.8) is 0 Å². The molecule has 0 fully saturated rings. The predicted octanol–water partition coefficient (Wildman–Crippen LogP) is 2.24. The molecule has 0 unspecified atom stereocenters. The summed E-state index contributed by atoms with van der Waals surface area (Å²) in [5.41, 5.74) is 8.73. The molecular formula is C13H17NO. The minimum absolute atomic E-state index is 0.455. The van der Waals surface area contributed by atoms with Gasteiger partial charge >= 0.3 is 0 Å². The zero-order valence-corrected chi connectivity index (χ0v) is 8.87. The summed E-state index contributed by atoms with van der Waals surface area (Å²) in [4.78, 5) is 0. The minimum Gasteiger partial charge on any atom is -0.507 e. The Hall–Kier alpha value is -1.28. The highest BCUT2D eigenvalue weighted by Gasteiger charge is 2.14. The highest BCUT2D eigenvalue weighted by Crippen LogP contribution is 2.32. The number of rotatable bonds is 2. The monoisotopic (exact) mass is 203 g/mol. The molecule has 0 bridgehead atoms. The second-order valence-corrected chi connectivity index (χ2v) is 3.99. The molecule has 3 N–H and O–H groups in total. The maximum atomic E-state index is 10.1. The van der Waals surface area contributed by atoms with Crippen molar-refractivity contribution in [3.8, 4) is 5.75 Å². The van der Waals surface area contributed by atoms with Crippen LogP contribution < -0.4 is 5.73 Å². The second-order valence-electron chi connectivity index (χ2n) is 3.99. The van der Waals surface area contributed by atoms with E-state index in [1.54, 1.807) is 0 Å². The average Bonchev–Trinajstić information content (AvgIpc) is 2.29. The maximum absolute atomic E-state index is 10.1. The summed E-state index contributed by atoms with van der Waals surface area (Å²) in [6.07, 6.45) is 8.29. The molecule has 0 amide bonds. The number of phenols is 1. The van der Waals surface area contributed by atoms with E-state index in [-0.39, 0.29) is 0 Å². The number of aryl methyl sites for hydroxylation is 1. The number of phenolic OH excluding ortho intramolecular Hbond substituents is 1. The van der Waals surface area contributed by atoms with Gasteiger partial charge in [0.05, 0.1) is 0 Å². The van der Waals surface area contributed by atoms with Crippen LogP contribution in [0.1, 0.15) is 29.5 Å². The summed E-state index contributed by atoms with van der Waals surface area (Å²) in [5, 5.41) is 10.1. The van der Waals surface area contributed by atoms with Crippen molar-refractivity contribution in [2.75, 3.05) is 6.54 Å². The molecule has 1 aromatic rings. The average molecular weight is 203 g/mol. The van der Waals surface area contributed by atoms with Gasteiger partial charge in [-0.05, 0) is 36.8 Å². The van der Waals surface area contributed by atoms with Crippen molar-refractivity contribution in [2.45, 2.75) is 25.7 Å². The molecule has 0 saturated heterocycles. The number of hydrogen-bond acceptors (Lipinski definition) is 2. The third kappa shape index (κ3) is 2.05. The lowest BCUT2D eigenvalue weighted by molar-refractivity contribution is 0.460. The molecule has 0 aromatic heterocycles. The topological polar surface area (TPSA) is 46.2 Å². The zero-order chi connectivity index (χ0) is 10.7. The normalized spacial score (nSPS) is 15.5. The molecule has 1 aliphatic carbocycles. The number of hydrogen-bond donors (Lipinski definition) is 2. The fourth-order valence-corrected chi connectivity index (χ4v) is 2.16. The first kappa shape index (κ1) is 10.2. The molecule has 1 aromatic carbocycles. The number of nitrogens with two attached hydrogens (primary N) is 1. The molecule has 1 aliphatic rings. The third-order valence-corrected chi connectivity index (χ3v) is 2.97. The van der Waals surface area contributed by atoms with Crippen molar-refractivity contribution < 1.29 is 5.11 Å². The molecular weight excluding hydrogens is 186 g/mol. The largest absolute Gasteiger partial charge is 0.507 e. The Morgan fingerprint density at radius 3 is 2.87 bits per heavy atom. The number of fused-ring (bicyclic) bond motifs is 1. The SMILES string of the molecule is NC/C=C/c1ccc2c(c1O)CCCC2. The maximum Gasteiger partial charge on any atom is 0.126 e. The van der Waals surface area contributed by atoms with Gasteiger partial charge in [-0.3, -0.25) is 0 Å². The van der Waals surface area contributed by atoms with E-state index in [1.807, 2.05) is 18.2 Å². The molecule has 0 atom stereocenters. The molecule has 0 spiro atoms. The molecule has 0 saturated carbocycles. The summed E-state index contributed by atoms with van der Waals surface area (Å²) in [6, 6.07) is 4.11. The Kier molecular flexibility index (Phi) is 3.07. The number of aromatic hydroxyl groups is 1. The van der Waals surface area contributed by atoms with Crippen LogP contribution in [-0.4, -0.2) is 11.7 Å². The molecule has 0 aliphatic heterocycles. The van der Waals surface area contributed by atoms with Gasteiger partial charge in [0.2, 0.25) is 0 Å². The van der Waals surface area contributed by atoms with Crippen molar-refractivity contribution in [2.24, 2.45) is 5.73 Å². The number of benzene rings is 1. The Morgan fingerprint density at radius 2 is 2.07 bits per heavy atom. The first-order valence-corrected chi connectivity index (χ1v) is 5.53. The van der Waals surface area contributed by atoms with Gasteiger partial charge in [0.25, 0.3) is 0 Å². The van der Waals surface area contributed by atoms with Crippen LogP contribution >= 0.6 is 0 Å². The highest BCUT2D eigenvalue weighted by atomic mass is 16.3. The van der Waals surface area contributed by atoms with Gasteiger partial charge in [0.15, 0.2) is 0 Å². The Labute approximate surface area is 90.4 Å². The van der Waals surface area contributed by atoms with Gasteiger partial charge in [-0.25, -0.2) is 0 Å². The summed E-state index contributed by atoms with van der Waals surface area (Å²) in [6.45, 7) is 0.510. The van der Waals surface area contributed by atoms with Crippen molar-refractivity contribution >= 4 is 6.08 Å². The first-order chi connectivity index (χ1) is 7.33. The van der Waals surface area contributed by atoms with E-state index in [0.717, 1.165) is 24.0 Å². The van der Waals surface area contributed by atoms with Crippen LogP contribution in [0.2, 0.25) is 0 Å². The van der Waals surface area contributed by atoms with E-state index in [0.29, 0.717) is 12.3 Å². The lowest BCUT2D eigenvalue weighted by Gasteiger charge is -2.17. The summed E-state index contributed by atoms with van der Waals surface area (Å²) in [5.74, 6) is 0.455. The van der Waals surface area contributed by atoms with Gasteiger partial charge in [-0.1, -0.05) is 24.3 Å². The third-order valence-electron chi connectivity index (χ3n) is 2.97.